The average molecular weight is 333 g/mol. The van der Waals surface area contributed by atoms with Crippen LogP contribution >= 0.6 is 0 Å². The van der Waals surface area contributed by atoms with Gasteiger partial charge < -0.3 is 20.5 Å². The summed E-state index contributed by atoms with van der Waals surface area (Å²) in [5, 5.41) is 4.57. The molecule has 0 aliphatic carbocycles. The number of ether oxygens (including phenoxy) is 2. The van der Waals surface area contributed by atoms with Crippen molar-refractivity contribution < 1.29 is 28.7 Å². The molecule has 0 fully saturated rings. The molecule has 0 radical (unpaired) electrons. The highest BCUT2D eigenvalue weighted by Crippen LogP contribution is 2.21. The Hall–Kier alpha value is -3.36. The van der Waals surface area contributed by atoms with Crippen LogP contribution in [0.2, 0.25) is 0 Å². The van der Waals surface area contributed by atoms with Gasteiger partial charge in [0.25, 0.3) is 5.91 Å². The fraction of sp³-hybridized carbons (Fsp3) is 0.200. The van der Waals surface area contributed by atoms with Crippen molar-refractivity contribution in [2.24, 2.45) is 5.73 Å². The molecule has 2 rings (SSSR count). The van der Waals surface area contributed by atoms with Gasteiger partial charge in [-0.25, -0.2) is 9.59 Å². The number of primary amides is 1. The molecule has 0 bridgehead atoms. The third-order valence-corrected chi connectivity index (χ3v) is 2.99. The van der Waals surface area contributed by atoms with Gasteiger partial charge in [-0.15, -0.1) is 0 Å². The van der Waals surface area contributed by atoms with Gasteiger partial charge in [-0.3, -0.25) is 14.9 Å². The number of imide groups is 1. The maximum Gasteiger partial charge on any atom is 0.348 e. The minimum atomic E-state index is -1.32. The fourth-order valence-electron chi connectivity index (χ4n) is 1.86. The average Bonchev–Trinajstić information content (AvgIpc) is 2.88. The zero-order valence-corrected chi connectivity index (χ0v) is 12.7. The van der Waals surface area contributed by atoms with Gasteiger partial charge in [0.1, 0.15) is 0 Å². The zero-order valence-electron chi connectivity index (χ0n) is 12.7. The van der Waals surface area contributed by atoms with E-state index in [0.29, 0.717) is 5.69 Å². The topological polar surface area (TPSA) is 137 Å². The SMILES string of the molecule is C[C@@H](OC(=O)C1=C(Nc2ccccc2)OCC1=O)C(=O)NC(N)=O. The van der Waals surface area contributed by atoms with Crippen LogP contribution in [-0.2, 0) is 23.9 Å². The smallest absolute Gasteiger partial charge is 0.348 e. The monoisotopic (exact) mass is 333 g/mol. The molecule has 9 nitrogen and oxygen atoms in total. The normalized spacial score (nSPS) is 14.6. The molecule has 1 aliphatic rings. The summed E-state index contributed by atoms with van der Waals surface area (Å²) in [4.78, 5) is 46.1. The fourth-order valence-corrected chi connectivity index (χ4v) is 1.86. The molecule has 126 valence electrons. The summed E-state index contributed by atoms with van der Waals surface area (Å²) in [5.41, 5.74) is 5.08. The number of anilines is 1. The summed E-state index contributed by atoms with van der Waals surface area (Å²) in [6.07, 6.45) is -1.32. The van der Waals surface area contributed by atoms with Gasteiger partial charge in [0.05, 0.1) is 0 Å². The Morgan fingerprint density at radius 3 is 2.54 bits per heavy atom. The van der Waals surface area contributed by atoms with Crippen molar-refractivity contribution in [3.05, 3.63) is 41.8 Å². The van der Waals surface area contributed by atoms with Gasteiger partial charge in [-0.1, -0.05) is 18.2 Å². The first-order chi connectivity index (χ1) is 11.4. The molecule has 0 saturated heterocycles. The second-order valence-corrected chi connectivity index (χ2v) is 4.81. The summed E-state index contributed by atoms with van der Waals surface area (Å²) >= 11 is 0. The molecular weight excluding hydrogens is 318 g/mol. The molecule has 0 spiro atoms. The Kier molecular flexibility index (Phi) is 5.15. The first-order valence-corrected chi connectivity index (χ1v) is 6.92. The molecule has 1 heterocycles. The van der Waals surface area contributed by atoms with E-state index in [2.05, 4.69) is 5.32 Å². The van der Waals surface area contributed by atoms with Crippen LogP contribution < -0.4 is 16.4 Å². The third kappa shape index (κ3) is 4.09. The number of nitrogens with two attached hydrogens (primary N) is 1. The van der Waals surface area contributed by atoms with Crippen molar-refractivity contribution in [1.29, 1.82) is 0 Å². The maximum absolute atomic E-state index is 12.1. The van der Waals surface area contributed by atoms with Crippen LogP contribution in [0.4, 0.5) is 10.5 Å². The van der Waals surface area contributed by atoms with Gasteiger partial charge in [0.15, 0.2) is 18.3 Å². The second-order valence-electron chi connectivity index (χ2n) is 4.81. The Morgan fingerprint density at radius 1 is 1.25 bits per heavy atom. The summed E-state index contributed by atoms with van der Waals surface area (Å²) in [7, 11) is 0. The molecular formula is C15H15N3O6. The van der Waals surface area contributed by atoms with Crippen LogP contribution in [0.15, 0.2) is 41.8 Å². The lowest BCUT2D eigenvalue weighted by atomic mass is 10.2. The van der Waals surface area contributed by atoms with Crippen LogP contribution in [0.25, 0.3) is 0 Å². The number of benzene rings is 1. The molecule has 24 heavy (non-hydrogen) atoms. The van der Waals surface area contributed by atoms with E-state index < -0.39 is 29.8 Å². The number of Topliss-reactive ketones (excluding diaryl/α,β-unsaturated/α-hetero) is 1. The predicted octanol–water partition coefficient (Wildman–Crippen LogP) is 0.0360. The number of hydrogen-bond donors (Lipinski definition) is 3. The van der Waals surface area contributed by atoms with Crippen molar-refractivity contribution >= 4 is 29.4 Å². The molecule has 3 amide bonds. The number of ketones is 1. The first-order valence-electron chi connectivity index (χ1n) is 6.92. The minimum Gasteiger partial charge on any atom is -0.470 e. The van der Waals surface area contributed by atoms with Crippen molar-refractivity contribution in [1.82, 2.24) is 5.32 Å². The van der Waals surface area contributed by atoms with E-state index in [1.165, 1.54) is 6.92 Å². The number of rotatable bonds is 5. The highest BCUT2D eigenvalue weighted by Gasteiger charge is 2.34. The Bertz CT molecular complexity index is 713. The van der Waals surface area contributed by atoms with Crippen molar-refractivity contribution in [3.8, 4) is 0 Å². The number of amides is 3. The maximum atomic E-state index is 12.1. The third-order valence-electron chi connectivity index (χ3n) is 2.99. The molecule has 1 aromatic carbocycles. The van der Waals surface area contributed by atoms with Gasteiger partial charge >= 0.3 is 12.0 Å². The molecule has 0 aromatic heterocycles. The molecule has 0 saturated carbocycles. The van der Waals surface area contributed by atoms with E-state index in [0.717, 1.165) is 0 Å². The lowest BCUT2D eigenvalue weighted by molar-refractivity contribution is -0.151. The van der Waals surface area contributed by atoms with Gasteiger partial charge in [-0.05, 0) is 19.1 Å². The van der Waals surface area contributed by atoms with Crippen molar-refractivity contribution in [2.45, 2.75) is 13.0 Å². The highest BCUT2D eigenvalue weighted by atomic mass is 16.6. The summed E-state index contributed by atoms with van der Waals surface area (Å²) in [6, 6.07) is 7.67. The van der Waals surface area contributed by atoms with Crippen molar-refractivity contribution in [3.63, 3.8) is 0 Å². The second kappa shape index (κ2) is 7.27. The number of carbonyl (C=O) groups is 4. The Balaban J connectivity index is 2.12. The first kappa shape index (κ1) is 17.0. The summed E-state index contributed by atoms with van der Waals surface area (Å²) < 4.78 is 10.0. The molecule has 0 unspecified atom stereocenters. The van der Waals surface area contributed by atoms with E-state index in [1.54, 1.807) is 35.6 Å². The lowest BCUT2D eigenvalue weighted by Gasteiger charge is -2.12. The zero-order chi connectivity index (χ0) is 17.7. The Morgan fingerprint density at radius 2 is 1.92 bits per heavy atom. The number of urea groups is 1. The summed E-state index contributed by atoms with van der Waals surface area (Å²) in [5.74, 6) is -2.58. The molecule has 4 N–H and O–H groups in total. The van der Waals surface area contributed by atoms with Gasteiger partial charge in [0, 0.05) is 5.69 Å². The largest absolute Gasteiger partial charge is 0.470 e. The Labute approximate surface area is 136 Å². The van der Waals surface area contributed by atoms with E-state index in [-0.39, 0.29) is 18.1 Å². The lowest BCUT2D eigenvalue weighted by Crippen LogP contribution is -2.42. The van der Waals surface area contributed by atoms with E-state index >= 15 is 0 Å². The number of nitrogens with one attached hydrogen (secondary N) is 2. The minimum absolute atomic E-state index is 0.0568. The van der Waals surface area contributed by atoms with E-state index in [9.17, 15) is 19.2 Å². The predicted molar refractivity (Wildman–Crippen MR) is 81.3 cm³/mol. The number of para-hydroxylation sites is 1. The highest BCUT2D eigenvalue weighted by molar-refractivity contribution is 6.20. The van der Waals surface area contributed by atoms with Gasteiger partial charge in [-0.2, -0.15) is 0 Å². The molecule has 9 heteroatoms. The van der Waals surface area contributed by atoms with Gasteiger partial charge in [0.2, 0.25) is 11.7 Å². The molecule has 1 aromatic rings. The van der Waals surface area contributed by atoms with E-state index in [1.807, 2.05) is 0 Å². The van der Waals surface area contributed by atoms with Crippen LogP contribution in [0, 0.1) is 0 Å². The van der Waals surface area contributed by atoms with Crippen LogP contribution in [0.1, 0.15) is 6.92 Å². The standard InChI is InChI=1S/C15H15N3O6/c1-8(12(20)18-15(16)22)24-14(21)11-10(19)7-23-13(11)17-9-5-3-2-4-6-9/h2-6,8,17H,7H2,1H3,(H3,16,18,20,22)/t8-/m1/s1. The number of hydrogen-bond acceptors (Lipinski definition) is 7. The number of esters is 1. The molecule has 1 atom stereocenters. The summed E-state index contributed by atoms with van der Waals surface area (Å²) in [6.45, 7) is 0.919. The van der Waals surface area contributed by atoms with Crippen LogP contribution in [-0.4, -0.2) is 36.4 Å². The number of carbonyl (C=O) groups excluding carboxylic acids is 4. The molecule has 1 aliphatic heterocycles. The van der Waals surface area contributed by atoms with Crippen LogP contribution in [0.5, 0.6) is 0 Å². The quantitative estimate of drug-likeness (QED) is 0.511. The van der Waals surface area contributed by atoms with E-state index in [4.69, 9.17) is 15.2 Å². The van der Waals surface area contributed by atoms with Crippen LogP contribution in [0.3, 0.4) is 0 Å². The van der Waals surface area contributed by atoms with Crippen molar-refractivity contribution in [2.75, 3.05) is 11.9 Å².